The van der Waals surface area contributed by atoms with Gasteiger partial charge in [0.05, 0.1) is 36.4 Å². The summed E-state index contributed by atoms with van der Waals surface area (Å²) < 4.78 is 33.9. The first-order valence-corrected chi connectivity index (χ1v) is 10.9. The Morgan fingerprint density at radius 3 is 2.87 bits per heavy atom. The molecule has 5 fully saturated rings. The van der Waals surface area contributed by atoms with Crippen LogP contribution in [0.15, 0.2) is 0 Å². The quantitative estimate of drug-likeness (QED) is 0.308. The predicted molar refractivity (Wildman–Crippen MR) is 105 cm³/mol. The number of fused-ring (bicyclic) bond motifs is 2. The number of halogens is 2. The molecule has 174 valence electrons. The summed E-state index contributed by atoms with van der Waals surface area (Å²) in [6.07, 6.45) is -3.61. The summed E-state index contributed by atoms with van der Waals surface area (Å²) in [5.41, 5.74) is 9.10. The van der Waals surface area contributed by atoms with E-state index < -0.39 is 42.7 Å². The average molecular weight is 444 g/mol. The molecule has 0 aromatic carbocycles. The average Bonchev–Trinajstić information content (AvgIpc) is 3.26. The van der Waals surface area contributed by atoms with Gasteiger partial charge in [-0.2, -0.15) is 0 Å². The van der Waals surface area contributed by atoms with Gasteiger partial charge in [-0.25, -0.2) is 24.0 Å². The molecule has 13 heteroatoms. The van der Waals surface area contributed by atoms with Gasteiger partial charge < -0.3 is 21.1 Å². The maximum absolute atomic E-state index is 15.1. The third-order valence-corrected chi connectivity index (χ3v) is 7.01. The molecule has 8 atom stereocenters. The molecule has 7 unspecified atom stereocenters. The van der Waals surface area contributed by atoms with Crippen molar-refractivity contribution in [1.82, 2.24) is 36.2 Å². The highest BCUT2D eigenvalue weighted by Gasteiger charge is 2.49. The summed E-state index contributed by atoms with van der Waals surface area (Å²) in [5.74, 6) is -0.924. The normalized spacial score (nSPS) is 44.0. The van der Waals surface area contributed by atoms with Crippen LogP contribution in [-0.4, -0.2) is 122 Å². The van der Waals surface area contributed by atoms with Gasteiger partial charge in [0, 0.05) is 45.8 Å². The van der Waals surface area contributed by atoms with Crippen molar-refractivity contribution in [3.05, 3.63) is 0 Å². The number of alkyl halides is 2. The lowest BCUT2D eigenvalue weighted by Gasteiger charge is -2.46. The summed E-state index contributed by atoms with van der Waals surface area (Å²) in [4.78, 5) is 28.7. The van der Waals surface area contributed by atoms with Crippen molar-refractivity contribution in [3.63, 3.8) is 0 Å². The molecular formula is C18H30F2N8O3. The minimum Gasteiger partial charge on any atom is -0.447 e. The van der Waals surface area contributed by atoms with E-state index in [9.17, 15) is 14.0 Å². The highest BCUT2D eigenvalue weighted by atomic mass is 19.1. The van der Waals surface area contributed by atoms with E-state index in [1.165, 1.54) is 0 Å². The lowest BCUT2D eigenvalue weighted by atomic mass is 9.94. The minimum atomic E-state index is -1.17. The van der Waals surface area contributed by atoms with Crippen molar-refractivity contribution in [1.29, 1.82) is 0 Å². The van der Waals surface area contributed by atoms with Gasteiger partial charge in [-0.1, -0.05) is 0 Å². The fourth-order valence-corrected chi connectivity index (χ4v) is 5.53. The lowest BCUT2D eigenvalue weighted by molar-refractivity contribution is -0.128. The summed E-state index contributed by atoms with van der Waals surface area (Å²) in [6, 6.07) is -1.07. The molecular weight excluding hydrogens is 414 g/mol. The maximum Gasteiger partial charge on any atom is 0.410 e. The van der Waals surface area contributed by atoms with Gasteiger partial charge in [-0.05, 0) is 0 Å². The molecule has 5 saturated heterocycles. The number of carbonyl (C=O) groups is 2. The highest BCUT2D eigenvalue weighted by molar-refractivity contribution is 5.81. The molecule has 0 aromatic rings. The Bertz CT molecular complexity index is 719. The number of ether oxygens (including phenoxy) is 1. The Balaban J connectivity index is 1.27. The molecule has 31 heavy (non-hydrogen) atoms. The number of hydrogen-bond acceptors (Lipinski definition) is 9. The van der Waals surface area contributed by atoms with Crippen LogP contribution in [0.3, 0.4) is 0 Å². The van der Waals surface area contributed by atoms with Crippen molar-refractivity contribution < 1.29 is 23.1 Å². The Morgan fingerprint density at radius 1 is 1.19 bits per heavy atom. The van der Waals surface area contributed by atoms with E-state index in [4.69, 9.17) is 10.5 Å². The zero-order valence-electron chi connectivity index (χ0n) is 17.2. The van der Waals surface area contributed by atoms with Crippen LogP contribution in [0.25, 0.3) is 0 Å². The van der Waals surface area contributed by atoms with E-state index in [1.807, 2.05) is 4.90 Å². The van der Waals surface area contributed by atoms with E-state index in [0.717, 1.165) is 0 Å². The molecule has 6 N–H and O–H groups in total. The van der Waals surface area contributed by atoms with Gasteiger partial charge in [0.1, 0.15) is 19.0 Å². The Hall–Kier alpha value is -1.64. The number of cyclic esters (lactones) is 1. The SMILES string of the molecule is NC1NN2CC(F)CNC2C1C(=O)NC1CNCC(F)C1N1CCN2C(=O)OC[C@@H]2C1. The fourth-order valence-electron chi connectivity index (χ4n) is 5.53. The van der Waals surface area contributed by atoms with Crippen molar-refractivity contribution >= 4 is 12.0 Å². The monoisotopic (exact) mass is 444 g/mol. The molecule has 5 aliphatic heterocycles. The van der Waals surface area contributed by atoms with Crippen molar-refractivity contribution in [2.75, 3.05) is 52.4 Å². The number of nitrogens with zero attached hydrogens (tertiary/aromatic N) is 3. The van der Waals surface area contributed by atoms with E-state index in [-0.39, 0.29) is 37.7 Å². The molecule has 0 aliphatic carbocycles. The summed E-state index contributed by atoms with van der Waals surface area (Å²) in [6.45, 7) is 2.75. The maximum atomic E-state index is 15.1. The van der Waals surface area contributed by atoms with Crippen LogP contribution >= 0.6 is 0 Å². The third-order valence-electron chi connectivity index (χ3n) is 7.01. The van der Waals surface area contributed by atoms with Gasteiger partial charge in [0.15, 0.2) is 0 Å². The Labute approximate surface area is 178 Å². The highest BCUT2D eigenvalue weighted by Crippen LogP contribution is 2.26. The zero-order chi connectivity index (χ0) is 21.7. The van der Waals surface area contributed by atoms with Gasteiger partial charge in [-0.3, -0.25) is 19.9 Å². The Kier molecular flexibility index (Phi) is 5.73. The number of nitrogens with two attached hydrogens (primary N) is 1. The molecule has 5 rings (SSSR count). The summed E-state index contributed by atoms with van der Waals surface area (Å²) in [7, 11) is 0. The molecule has 0 aromatic heterocycles. The van der Waals surface area contributed by atoms with Crippen molar-refractivity contribution in [2.45, 2.75) is 42.8 Å². The molecule has 5 aliphatic rings. The van der Waals surface area contributed by atoms with Gasteiger partial charge in [0.25, 0.3) is 0 Å². The first-order chi connectivity index (χ1) is 14.9. The number of piperazine rings is 1. The molecule has 0 saturated carbocycles. The van der Waals surface area contributed by atoms with Crippen LogP contribution in [0.2, 0.25) is 0 Å². The van der Waals surface area contributed by atoms with E-state index in [0.29, 0.717) is 32.8 Å². The van der Waals surface area contributed by atoms with E-state index in [2.05, 4.69) is 21.4 Å². The number of carbonyl (C=O) groups excluding carboxylic acids is 2. The molecule has 2 amide bonds. The number of hydrogen-bond donors (Lipinski definition) is 5. The van der Waals surface area contributed by atoms with E-state index >= 15 is 4.39 Å². The van der Waals surface area contributed by atoms with Crippen molar-refractivity contribution in [2.24, 2.45) is 11.7 Å². The van der Waals surface area contributed by atoms with Crippen LogP contribution in [0, 0.1) is 5.92 Å². The molecule has 0 radical (unpaired) electrons. The second-order valence-corrected chi connectivity index (χ2v) is 8.98. The topological polar surface area (TPSA) is 127 Å². The van der Waals surface area contributed by atoms with Crippen molar-refractivity contribution in [3.8, 4) is 0 Å². The second-order valence-electron chi connectivity index (χ2n) is 8.98. The van der Waals surface area contributed by atoms with Crippen LogP contribution in [-0.2, 0) is 9.53 Å². The van der Waals surface area contributed by atoms with E-state index in [1.54, 1.807) is 9.91 Å². The summed E-state index contributed by atoms with van der Waals surface area (Å²) in [5, 5.41) is 10.7. The minimum absolute atomic E-state index is 0.0965. The lowest BCUT2D eigenvalue weighted by Crippen LogP contribution is -2.69. The van der Waals surface area contributed by atoms with Gasteiger partial charge >= 0.3 is 6.09 Å². The first-order valence-electron chi connectivity index (χ1n) is 10.9. The molecule has 11 nitrogen and oxygen atoms in total. The number of hydrazine groups is 1. The fraction of sp³-hybridized carbons (Fsp3) is 0.889. The smallest absolute Gasteiger partial charge is 0.410 e. The van der Waals surface area contributed by atoms with Gasteiger partial charge in [-0.15, -0.1) is 0 Å². The number of piperidine rings is 1. The largest absolute Gasteiger partial charge is 0.447 e. The summed E-state index contributed by atoms with van der Waals surface area (Å²) >= 11 is 0. The number of amides is 2. The zero-order valence-corrected chi connectivity index (χ0v) is 17.2. The van der Waals surface area contributed by atoms with Crippen LogP contribution in [0.1, 0.15) is 0 Å². The molecule has 0 bridgehead atoms. The molecule has 0 spiro atoms. The van der Waals surface area contributed by atoms with Crippen LogP contribution < -0.4 is 27.1 Å². The predicted octanol–water partition coefficient (Wildman–Crippen LogP) is -3.09. The second kappa shape index (κ2) is 8.37. The third kappa shape index (κ3) is 3.87. The molecule has 5 heterocycles. The number of nitrogens with one attached hydrogen (secondary N) is 4. The first kappa shape index (κ1) is 21.2. The Morgan fingerprint density at radius 2 is 2.03 bits per heavy atom. The number of rotatable bonds is 3. The van der Waals surface area contributed by atoms with Crippen LogP contribution in [0.5, 0.6) is 0 Å². The van der Waals surface area contributed by atoms with Crippen LogP contribution in [0.4, 0.5) is 13.6 Å². The standard InChI is InChI=1S/C18H30F2N8O3/c19-9-3-23-16-13(15(21)25-28(16)6-9)17(29)24-12-5-22-4-11(20)14(12)26-1-2-27-10(7-26)8-31-18(27)30/h9-16,22-23,25H,1-8,21H2,(H,24,29)/t9?,10-,11?,12?,13?,14?,15?,16?/m0/s1. The van der Waals surface area contributed by atoms with Gasteiger partial charge in [0.2, 0.25) is 5.91 Å².